The lowest BCUT2D eigenvalue weighted by Gasteiger charge is -2.39. The second kappa shape index (κ2) is 6.75. The molecule has 0 unspecified atom stereocenters. The molecule has 5 heteroatoms. The Morgan fingerprint density at radius 3 is 3.09 bits per heavy atom. The molecule has 2 saturated heterocycles. The van der Waals surface area contributed by atoms with Crippen LogP contribution in [0.4, 0.5) is 0 Å². The summed E-state index contributed by atoms with van der Waals surface area (Å²) in [5.41, 5.74) is 0.570. The monoisotopic (exact) mass is 304 g/mol. The van der Waals surface area contributed by atoms with E-state index in [1.165, 1.54) is 0 Å². The predicted molar refractivity (Wildman–Crippen MR) is 82.7 cm³/mol. The Balaban J connectivity index is 1.64. The van der Waals surface area contributed by atoms with Crippen molar-refractivity contribution in [3.63, 3.8) is 0 Å². The molecule has 2 atom stereocenters. The number of pyridine rings is 1. The molecule has 0 saturated carbocycles. The second-order valence-electron chi connectivity index (χ2n) is 6.41. The Kier molecular flexibility index (Phi) is 4.74. The number of carbonyl (C=O) groups excluding carboxylic acids is 1. The Morgan fingerprint density at radius 2 is 2.32 bits per heavy atom. The van der Waals surface area contributed by atoms with Crippen molar-refractivity contribution in [2.45, 2.75) is 31.3 Å². The van der Waals surface area contributed by atoms with Crippen LogP contribution >= 0.6 is 0 Å². The maximum Gasteiger partial charge on any atom is 0.254 e. The Bertz CT molecular complexity index is 508. The zero-order chi connectivity index (χ0) is 15.4. The SMILES string of the molecule is COCC[C@H]1CO[C@@]2(CCCN(C(=O)c3ccncc3)C2)C1. The number of nitrogens with zero attached hydrogens (tertiary/aromatic N) is 2. The molecule has 1 amide bonds. The average molecular weight is 304 g/mol. The van der Waals surface area contributed by atoms with Gasteiger partial charge in [-0.25, -0.2) is 0 Å². The van der Waals surface area contributed by atoms with Crippen molar-refractivity contribution in [2.75, 3.05) is 33.4 Å². The third-order valence-electron chi connectivity index (χ3n) is 4.77. The molecule has 120 valence electrons. The highest BCUT2D eigenvalue weighted by molar-refractivity contribution is 5.94. The van der Waals surface area contributed by atoms with Gasteiger partial charge in [0.1, 0.15) is 0 Å². The van der Waals surface area contributed by atoms with E-state index >= 15 is 0 Å². The summed E-state index contributed by atoms with van der Waals surface area (Å²) in [6.07, 6.45) is 7.47. The first kappa shape index (κ1) is 15.4. The first-order chi connectivity index (χ1) is 10.7. The molecule has 5 nitrogen and oxygen atoms in total. The molecule has 3 rings (SSSR count). The minimum Gasteiger partial charge on any atom is -0.385 e. The summed E-state index contributed by atoms with van der Waals surface area (Å²) in [5.74, 6) is 0.640. The van der Waals surface area contributed by atoms with Gasteiger partial charge in [0.05, 0.1) is 12.2 Å². The zero-order valence-corrected chi connectivity index (χ0v) is 13.2. The molecule has 0 radical (unpaired) electrons. The molecule has 0 aromatic carbocycles. The molecular formula is C17H24N2O3. The van der Waals surface area contributed by atoms with E-state index in [9.17, 15) is 4.79 Å². The molecule has 1 aromatic heterocycles. The Hall–Kier alpha value is -1.46. The summed E-state index contributed by atoms with van der Waals surface area (Å²) in [5, 5.41) is 0. The van der Waals surface area contributed by atoms with Crippen molar-refractivity contribution in [2.24, 2.45) is 5.92 Å². The standard InChI is InChI=1S/C17H24N2O3/c1-21-10-5-14-11-17(22-12-14)6-2-9-19(13-17)16(20)15-3-7-18-8-4-15/h3-4,7-8,14H,2,5-6,9-13H2,1H3/t14-,17+/m1/s1. The number of carbonyl (C=O) groups is 1. The summed E-state index contributed by atoms with van der Waals surface area (Å²) < 4.78 is 11.3. The van der Waals surface area contributed by atoms with E-state index in [-0.39, 0.29) is 11.5 Å². The van der Waals surface area contributed by atoms with Crippen LogP contribution in [0.1, 0.15) is 36.0 Å². The highest BCUT2D eigenvalue weighted by Gasteiger charge is 2.44. The normalized spacial score (nSPS) is 28.2. The minimum atomic E-state index is -0.140. The molecule has 2 fully saturated rings. The molecule has 0 N–H and O–H groups in total. The fourth-order valence-electron chi connectivity index (χ4n) is 3.64. The summed E-state index contributed by atoms with van der Waals surface area (Å²) in [6.45, 7) is 3.09. The van der Waals surface area contributed by atoms with E-state index in [0.717, 1.165) is 45.4 Å². The predicted octanol–water partition coefficient (Wildman–Crippen LogP) is 2.13. The van der Waals surface area contributed by atoms with Gasteiger partial charge in [0, 0.05) is 44.8 Å². The van der Waals surface area contributed by atoms with E-state index in [1.54, 1.807) is 31.6 Å². The fraction of sp³-hybridized carbons (Fsp3) is 0.647. The molecule has 1 spiro atoms. The summed E-state index contributed by atoms with van der Waals surface area (Å²) in [7, 11) is 1.74. The van der Waals surface area contributed by atoms with Crippen LogP contribution in [0.15, 0.2) is 24.5 Å². The Labute approximate surface area is 131 Å². The maximum atomic E-state index is 12.6. The van der Waals surface area contributed by atoms with Gasteiger partial charge in [-0.1, -0.05) is 0 Å². The first-order valence-corrected chi connectivity index (χ1v) is 8.05. The molecule has 0 bridgehead atoms. The fourth-order valence-corrected chi connectivity index (χ4v) is 3.64. The van der Waals surface area contributed by atoms with Gasteiger partial charge in [-0.15, -0.1) is 0 Å². The van der Waals surface area contributed by atoms with Gasteiger partial charge in [-0.05, 0) is 43.7 Å². The van der Waals surface area contributed by atoms with Gasteiger partial charge >= 0.3 is 0 Å². The highest BCUT2D eigenvalue weighted by Crippen LogP contribution is 2.38. The lowest BCUT2D eigenvalue weighted by atomic mass is 9.85. The van der Waals surface area contributed by atoms with Crippen LogP contribution in [0.25, 0.3) is 0 Å². The molecular weight excluding hydrogens is 280 g/mol. The van der Waals surface area contributed by atoms with Gasteiger partial charge in [0.25, 0.3) is 5.91 Å². The van der Waals surface area contributed by atoms with Gasteiger partial charge in [-0.2, -0.15) is 0 Å². The quantitative estimate of drug-likeness (QED) is 0.855. The molecule has 0 aliphatic carbocycles. The lowest BCUT2D eigenvalue weighted by molar-refractivity contribution is -0.0450. The Morgan fingerprint density at radius 1 is 1.50 bits per heavy atom. The molecule has 2 aliphatic rings. The average Bonchev–Trinajstić information content (AvgIpc) is 2.95. The number of piperidine rings is 1. The molecule has 22 heavy (non-hydrogen) atoms. The van der Waals surface area contributed by atoms with Crippen LogP contribution in [-0.2, 0) is 9.47 Å². The van der Waals surface area contributed by atoms with Crippen LogP contribution in [0.2, 0.25) is 0 Å². The first-order valence-electron chi connectivity index (χ1n) is 8.05. The van der Waals surface area contributed by atoms with Crippen LogP contribution in [0.3, 0.4) is 0 Å². The summed E-state index contributed by atoms with van der Waals surface area (Å²) in [4.78, 5) is 18.5. The molecule has 1 aromatic rings. The zero-order valence-electron chi connectivity index (χ0n) is 13.2. The van der Waals surface area contributed by atoms with Crippen molar-refractivity contribution >= 4 is 5.91 Å². The van der Waals surface area contributed by atoms with Crippen molar-refractivity contribution < 1.29 is 14.3 Å². The van der Waals surface area contributed by atoms with Crippen molar-refractivity contribution in [1.82, 2.24) is 9.88 Å². The third kappa shape index (κ3) is 3.31. The van der Waals surface area contributed by atoms with Crippen LogP contribution in [0.5, 0.6) is 0 Å². The van der Waals surface area contributed by atoms with Crippen molar-refractivity contribution in [1.29, 1.82) is 0 Å². The van der Waals surface area contributed by atoms with Gasteiger partial charge in [-0.3, -0.25) is 9.78 Å². The van der Waals surface area contributed by atoms with Gasteiger partial charge in [0.15, 0.2) is 0 Å². The van der Waals surface area contributed by atoms with Crippen LogP contribution in [-0.4, -0.2) is 54.8 Å². The number of likely N-dealkylation sites (tertiary alicyclic amines) is 1. The number of amides is 1. The minimum absolute atomic E-state index is 0.0883. The second-order valence-corrected chi connectivity index (χ2v) is 6.41. The van der Waals surface area contributed by atoms with Gasteiger partial charge < -0.3 is 14.4 Å². The number of methoxy groups -OCH3 is 1. The van der Waals surface area contributed by atoms with E-state index in [2.05, 4.69) is 4.98 Å². The largest absolute Gasteiger partial charge is 0.385 e. The van der Waals surface area contributed by atoms with E-state index in [4.69, 9.17) is 9.47 Å². The van der Waals surface area contributed by atoms with Gasteiger partial charge in [0.2, 0.25) is 0 Å². The number of rotatable bonds is 4. The van der Waals surface area contributed by atoms with E-state index < -0.39 is 0 Å². The maximum absolute atomic E-state index is 12.6. The smallest absolute Gasteiger partial charge is 0.254 e. The molecule has 3 heterocycles. The molecule has 2 aliphatic heterocycles. The number of ether oxygens (including phenoxy) is 2. The van der Waals surface area contributed by atoms with Crippen molar-refractivity contribution in [3.8, 4) is 0 Å². The topological polar surface area (TPSA) is 51.7 Å². The van der Waals surface area contributed by atoms with Crippen LogP contribution < -0.4 is 0 Å². The summed E-state index contributed by atoms with van der Waals surface area (Å²) in [6, 6.07) is 3.56. The highest BCUT2D eigenvalue weighted by atomic mass is 16.5. The number of aromatic nitrogens is 1. The van der Waals surface area contributed by atoms with Crippen molar-refractivity contribution in [3.05, 3.63) is 30.1 Å². The van der Waals surface area contributed by atoms with E-state index in [1.807, 2.05) is 4.90 Å². The lowest BCUT2D eigenvalue weighted by Crippen LogP contribution is -2.50. The van der Waals surface area contributed by atoms with E-state index in [0.29, 0.717) is 18.0 Å². The number of hydrogen-bond acceptors (Lipinski definition) is 4. The third-order valence-corrected chi connectivity index (χ3v) is 4.77. The number of hydrogen-bond donors (Lipinski definition) is 0. The van der Waals surface area contributed by atoms with Crippen LogP contribution in [0, 0.1) is 5.92 Å². The summed E-state index contributed by atoms with van der Waals surface area (Å²) >= 11 is 0.